The standard InChI is InChI=1S/C20H21FN2O4/c21-15-3-1-14(2-4-15)20(7-9-25-10-8-20)12-22-19(24)23-16-5-6-17-18(11-16)27-13-26-17/h1-6,11H,7-10,12-13H2,(H2,22,23,24). The Bertz CT molecular complexity index is 819. The number of benzene rings is 2. The van der Waals surface area contributed by atoms with Gasteiger partial charge in [0.05, 0.1) is 0 Å². The third kappa shape index (κ3) is 3.83. The maximum absolute atomic E-state index is 13.3. The summed E-state index contributed by atoms with van der Waals surface area (Å²) in [7, 11) is 0. The van der Waals surface area contributed by atoms with Crippen LogP contribution in [0.5, 0.6) is 11.5 Å². The summed E-state index contributed by atoms with van der Waals surface area (Å²) < 4.78 is 29.4. The number of carbonyl (C=O) groups is 1. The zero-order chi connectivity index (χ0) is 18.7. The molecule has 2 aromatic rings. The first-order valence-corrected chi connectivity index (χ1v) is 8.93. The van der Waals surface area contributed by atoms with Gasteiger partial charge in [0.25, 0.3) is 0 Å². The van der Waals surface area contributed by atoms with Crippen LogP contribution in [0.25, 0.3) is 0 Å². The lowest BCUT2D eigenvalue weighted by Gasteiger charge is -2.38. The summed E-state index contributed by atoms with van der Waals surface area (Å²) in [5.74, 6) is 1.01. The van der Waals surface area contributed by atoms with Gasteiger partial charge in [-0.2, -0.15) is 0 Å². The van der Waals surface area contributed by atoms with Crippen molar-refractivity contribution in [3.63, 3.8) is 0 Å². The first-order valence-electron chi connectivity index (χ1n) is 8.93. The quantitative estimate of drug-likeness (QED) is 0.863. The van der Waals surface area contributed by atoms with Crippen LogP contribution < -0.4 is 20.1 Å². The third-order valence-electron chi connectivity index (χ3n) is 5.12. The Morgan fingerprint density at radius 3 is 2.56 bits per heavy atom. The molecule has 2 aliphatic rings. The van der Waals surface area contributed by atoms with Crippen molar-refractivity contribution in [2.75, 3.05) is 31.9 Å². The van der Waals surface area contributed by atoms with Crippen LogP contribution in [0.3, 0.4) is 0 Å². The number of anilines is 1. The van der Waals surface area contributed by atoms with Crippen molar-refractivity contribution in [1.82, 2.24) is 5.32 Å². The van der Waals surface area contributed by atoms with Crippen LogP contribution >= 0.6 is 0 Å². The number of amides is 2. The monoisotopic (exact) mass is 372 g/mol. The van der Waals surface area contributed by atoms with Crippen molar-refractivity contribution in [2.45, 2.75) is 18.3 Å². The molecule has 0 radical (unpaired) electrons. The van der Waals surface area contributed by atoms with Gasteiger partial charge in [0, 0.05) is 36.9 Å². The van der Waals surface area contributed by atoms with Crippen LogP contribution in [-0.2, 0) is 10.2 Å². The maximum atomic E-state index is 13.3. The van der Waals surface area contributed by atoms with Crippen molar-refractivity contribution in [3.8, 4) is 11.5 Å². The number of fused-ring (bicyclic) bond motifs is 1. The summed E-state index contributed by atoms with van der Waals surface area (Å²) in [5, 5.41) is 5.76. The Kier molecular flexibility index (Phi) is 4.85. The number of ether oxygens (including phenoxy) is 3. The normalized spacial score (nSPS) is 17.4. The zero-order valence-electron chi connectivity index (χ0n) is 14.8. The van der Waals surface area contributed by atoms with Crippen molar-refractivity contribution in [2.24, 2.45) is 0 Å². The molecule has 6 nitrogen and oxygen atoms in total. The minimum atomic E-state index is -0.304. The number of hydrogen-bond donors (Lipinski definition) is 2. The lowest BCUT2D eigenvalue weighted by Crippen LogP contribution is -2.45. The van der Waals surface area contributed by atoms with Gasteiger partial charge in [-0.3, -0.25) is 0 Å². The van der Waals surface area contributed by atoms with E-state index in [1.165, 1.54) is 12.1 Å². The first-order chi connectivity index (χ1) is 13.1. The fourth-order valence-electron chi connectivity index (χ4n) is 3.53. The van der Waals surface area contributed by atoms with Crippen molar-refractivity contribution in [1.29, 1.82) is 0 Å². The highest BCUT2D eigenvalue weighted by Gasteiger charge is 2.35. The molecule has 0 atom stereocenters. The molecule has 0 unspecified atom stereocenters. The number of halogens is 1. The molecule has 2 N–H and O–H groups in total. The van der Waals surface area contributed by atoms with E-state index in [2.05, 4.69) is 10.6 Å². The summed E-state index contributed by atoms with van der Waals surface area (Å²) in [6, 6.07) is 11.4. The zero-order valence-corrected chi connectivity index (χ0v) is 14.8. The predicted molar refractivity (Wildman–Crippen MR) is 97.7 cm³/mol. The molecule has 2 heterocycles. The lowest BCUT2D eigenvalue weighted by molar-refractivity contribution is 0.0508. The molecule has 0 aliphatic carbocycles. The minimum Gasteiger partial charge on any atom is -0.454 e. The fourth-order valence-corrected chi connectivity index (χ4v) is 3.53. The summed E-state index contributed by atoms with van der Waals surface area (Å²) >= 11 is 0. The maximum Gasteiger partial charge on any atom is 0.319 e. The highest BCUT2D eigenvalue weighted by atomic mass is 19.1. The van der Waals surface area contributed by atoms with Crippen LogP contribution in [0.1, 0.15) is 18.4 Å². The van der Waals surface area contributed by atoms with Crippen LogP contribution in [-0.4, -0.2) is 32.6 Å². The van der Waals surface area contributed by atoms with Gasteiger partial charge in [0.15, 0.2) is 11.5 Å². The van der Waals surface area contributed by atoms with Crippen molar-refractivity contribution in [3.05, 3.63) is 53.8 Å². The second-order valence-corrected chi connectivity index (χ2v) is 6.78. The number of hydrogen-bond acceptors (Lipinski definition) is 4. The Labute approximate surface area is 156 Å². The molecule has 1 fully saturated rings. The van der Waals surface area contributed by atoms with Gasteiger partial charge in [-0.15, -0.1) is 0 Å². The van der Waals surface area contributed by atoms with Crippen LogP contribution in [0.2, 0.25) is 0 Å². The Balaban J connectivity index is 1.43. The summed E-state index contributed by atoms with van der Waals surface area (Å²) in [5.41, 5.74) is 1.37. The van der Waals surface area contributed by atoms with Gasteiger partial charge < -0.3 is 24.8 Å². The number of rotatable bonds is 4. The second-order valence-electron chi connectivity index (χ2n) is 6.78. The summed E-state index contributed by atoms with van der Waals surface area (Å²) in [6.45, 7) is 1.86. The molecular formula is C20H21FN2O4. The molecule has 27 heavy (non-hydrogen) atoms. The van der Waals surface area contributed by atoms with E-state index >= 15 is 0 Å². The molecule has 0 saturated carbocycles. The van der Waals surface area contributed by atoms with Crippen molar-refractivity contribution < 1.29 is 23.4 Å². The highest BCUT2D eigenvalue weighted by Crippen LogP contribution is 2.35. The van der Waals surface area contributed by atoms with Crippen LogP contribution in [0.15, 0.2) is 42.5 Å². The number of nitrogens with one attached hydrogen (secondary N) is 2. The molecule has 0 bridgehead atoms. The largest absolute Gasteiger partial charge is 0.454 e. The Morgan fingerprint density at radius 1 is 1.04 bits per heavy atom. The smallest absolute Gasteiger partial charge is 0.319 e. The SMILES string of the molecule is O=C(NCC1(c2ccc(F)cc2)CCOCC1)Nc1ccc2c(c1)OCO2. The van der Waals surface area contributed by atoms with E-state index in [9.17, 15) is 9.18 Å². The van der Waals surface area contributed by atoms with Crippen LogP contribution in [0.4, 0.5) is 14.9 Å². The Morgan fingerprint density at radius 2 is 1.78 bits per heavy atom. The fraction of sp³-hybridized carbons (Fsp3) is 0.350. The molecule has 2 amide bonds. The third-order valence-corrected chi connectivity index (χ3v) is 5.12. The summed E-state index contributed by atoms with van der Waals surface area (Å²) in [6.07, 6.45) is 1.53. The molecule has 0 aromatic heterocycles. The average Bonchev–Trinajstić information content (AvgIpc) is 3.15. The van der Waals surface area contributed by atoms with E-state index in [1.54, 1.807) is 30.3 Å². The minimum absolute atomic E-state index is 0.188. The molecule has 0 spiro atoms. The molecule has 1 saturated heterocycles. The molecule has 142 valence electrons. The van der Waals surface area contributed by atoms with E-state index in [0.717, 1.165) is 18.4 Å². The van der Waals surface area contributed by atoms with Gasteiger partial charge in [0.2, 0.25) is 6.79 Å². The van der Waals surface area contributed by atoms with E-state index in [4.69, 9.17) is 14.2 Å². The summed E-state index contributed by atoms with van der Waals surface area (Å²) in [4.78, 5) is 12.4. The highest BCUT2D eigenvalue weighted by molar-refractivity contribution is 5.89. The molecule has 4 rings (SSSR count). The van der Waals surface area contributed by atoms with Gasteiger partial charge in [0.1, 0.15) is 5.82 Å². The Hall–Kier alpha value is -2.80. The van der Waals surface area contributed by atoms with E-state index in [0.29, 0.717) is 36.9 Å². The van der Waals surface area contributed by atoms with E-state index in [-0.39, 0.29) is 24.1 Å². The van der Waals surface area contributed by atoms with Gasteiger partial charge in [-0.1, -0.05) is 12.1 Å². The first kappa shape index (κ1) is 17.6. The van der Waals surface area contributed by atoms with E-state index in [1.807, 2.05) is 0 Å². The second kappa shape index (κ2) is 7.44. The van der Waals surface area contributed by atoms with Gasteiger partial charge >= 0.3 is 6.03 Å². The van der Waals surface area contributed by atoms with Gasteiger partial charge in [-0.25, -0.2) is 9.18 Å². The van der Waals surface area contributed by atoms with E-state index < -0.39 is 0 Å². The number of urea groups is 1. The van der Waals surface area contributed by atoms with Crippen LogP contribution in [0, 0.1) is 5.82 Å². The number of carbonyl (C=O) groups excluding carboxylic acids is 1. The van der Waals surface area contributed by atoms with Gasteiger partial charge in [-0.05, 0) is 42.7 Å². The molecular weight excluding hydrogens is 351 g/mol. The molecule has 7 heteroatoms. The topological polar surface area (TPSA) is 68.8 Å². The van der Waals surface area contributed by atoms with Crippen molar-refractivity contribution >= 4 is 11.7 Å². The predicted octanol–water partition coefficient (Wildman–Crippen LogP) is 3.42. The average molecular weight is 372 g/mol. The lowest BCUT2D eigenvalue weighted by atomic mass is 9.74. The molecule has 2 aliphatic heterocycles. The molecule has 2 aromatic carbocycles.